The maximum atomic E-state index is 14.1. The maximum absolute atomic E-state index is 14.1. The summed E-state index contributed by atoms with van der Waals surface area (Å²) in [6.45, 7) is 1.83. The van der Waals surface area contributed by atoms with Crippen LogP contribution in [0.5, 0.6) is 5.75 Å². The van der Waals surface area contributed by atoms with Crippen molar-refractivity contribution in [2.45, 2.75) is 24.8 Å². The fourth-order valence-electron chi connectivity index (χ4n) is 3.72. The number of anilines is 1. The van der Waals surface area contributed by atoms with Gasteiger partial charge in [0, 0.05) is 37.8 Å². The van der Waals surface area contributed by atoms with E-state index in [1.807, 2.05) is 0 Å². The third-order valence-electron chi connectivity index (χ3n) is 5.54. The van der Waals surface area contributed by atoms with Crippen LogP contribution in [-0.4, -0.2) is 42.7 Å². The number of nitrogens with one attached hydrogen (secondary N) is 2. The number of aromatic nitrogens is 3. The van der Waals surface area contributed by atoms with Gasteiger partial charge in [-0.25, -0.2) is 12.8 Å². The van der Waals surface area contributed by atoms with Gasteiger partial charge >= 0.3 is 0 Å². The van der Waals surface area contributed by atoms with E-state index in [0.717, 1.165) is 5.69 Å². The number of H-pyrrole nitrogens is 1. The summed E-state index contributed by atoms with van der Waals surface area (Å²) in [6.07, 6.45) is 2.02. The quantitative estimate of drug-likeness (QED) is 0.600. The van der Waals surface area contributed by atoms with Gasteiger partial charge in [-0.3, -0.25) is 14.2 Å². The summed E-state index contributed by atoms with van der Waals surface area (Å²) in [6, 6.07) is 5.74. The van der Waals surface area contributed by atoms with Gasteiger partial charge < -0.3 is 14.6 Å². The normalized spacial score (nSPS) is 13.4. The SMILES string of the molecule is COc1cccc(F)c1CNC(=O)c1cc(S(=O)(=O)N2CCc3[nH]ncc32)c(C)n1C. The molecule has 2 N–H and O–H groups in total. The summed E-state index contributed by atoms with van der Waals surface area (Å²) >= 11 is 0. The van der Waals surface area contributed by atoms with Crippen molar-refractivity contribution in [1.82, 2.24) is 20.1 Å². The average Bonchev–Trinajstić information content (AvgIpc) is 3.42. The fraction of sp³-hybridized carbons (Fsp3) is 0.300. The van der Waals surface area contributed by atoms with Crippen LogP contribution >= 0.6 is 0 Å². The lowest BCUT2D eigenvalue weighted by molar-refractivity contribution is 0.0942. The summed E-state index contributed by atoms with van der Waals surface area (Å²) in [5.41, 5.74) is 2.06. The van der Waals surface area contributed by atoms with Gasteiger partial charge in [0.05, 0.1) is 24.7 Å². The van der Waals surface area contributed by atoms with E-state index in [1.165, 1.54) is 40.4 Å². The molecule has 4 rings (SSSR count). The number of fused-ring (bicyclic) bond motifs is 1. The van der Waals surface area contributed by atoms with Crippen LogP contribution in [0.15, 0.2) is 35.4 Å². The lowest BCUT2D eigenvalue weighted by atomic mass is 10.2. The van der Waals surface area contributed by atoms with Crippen LogP contribution in [0.25, 0.3) is 0 Å². The van der Waals surface area contributed by atoms with Crippen LogP contribution in [0.4, 0.5) is 10.1 Å². The van der Waals surface area contributed by atoms with Gasteiger partial charge in [0.25, 0.3) is 15.9 Å². The highest BCUT2D eigenvalue weighted by Crippen LogP contribution is 2.33. The van der Waals surface area contributed by atoms with Gasteiger partial charge in [0.2, 0.25) is 0 Å². The minimum atomic E-state index is -3.88. The van der Waals surface area contributed by atoms with E-state index in [4.69, 9.17) is 4.74 Å². The first kappa shape index (κ1) is 20.9. The van der Waals surface area contributed by atoms with E-state index in [9.17, 15) is 17.6 Å². The molecule has 11 heteroatoms. The van der Waals surface area contributed by atoms with Crippen molar-refractivity contribution in [2.75, 3.05) is 18.0 Å². The Kier molecular flexibility index (Phi) is 5.21. The van der Waals surface area contributed by atoms with Crippen molar-refractivity contribution in [2.24, 2.45) is 7.05 Å². The summed E-state index contributed by atoms with van der Waals surface area (Å²) in [5, 5.41) is 9.35. The Morgan fingerprint density at radius 3 is 2.90 bits per heavy atom. The summed E-state index contributed by atoms with van der Waals surface area (Å²) in [7, 11) is -0.850. The zero-order valence-corrected chi connectivity index (χ0v) is 18.1. The molecule has 0 spiro atoms. The molecule has 9 nitrogen and oxygen atoms in total. The Morgan fingerprint density at radius 2 is 2.16 bits per heavy atom. The fourth-order valence-corrected chi connectivity index (χ4v) is 5.48. The lowest BCUT2D eigenvalue weighted by Gasteiger charge is -2.17. The molecule has 1 aromatic carbocycles. The largest absolute Gasteiger partial charge is 0.496 e. The zero-order valence-electron chi connectivity index (χ0n) is 17.3. The molecule has 31 heavy (non-hydrogen) atoms. The van der Waals surface area contributed by atoms with Crippen LogP contribution in [0.3, 0.4) is 0 Å². The molecule has 3 aromatic rings. The van der Waals surface area contributed by atoms with Gasteiger partial charge in [0.1, 0.15) is 22.2 Å². The highest BCUT2D eigenvalue weighted by atomic mass is 32.2. The smallest absolute Gasteiger partial charge is 0.268 e. The molecule has 164 valence electrons. The van der Waals surface area contributed by atoms with Gasteiger partial charge in [-0.05, 0) is 25.1 Å². The van der Waals surface area contributed by atoms with Crippen LogP contribution in [-0.2, 0) is 30.0 Å². The standard InChI is InChI=1S/C20H22FN5O4S/c1-12-19(31(28,29)26-8-7-15-17(26)11-23-24-15)9-16(25(12)2)20(27)22-10-13-14(21)5-4-6-18(13)30-3/h4-6,9,11H,7-8,10H2,1-3H3,(H,22,27)(H,23,24). The number of carbonyl (C=O) groups is 1. The summed E-state index contributed by atoms with van der Waals surface area (Å²) in [4.78, 5) is 12.8. The Morgan fingerprint density at radius 1 is 1.39 bits per heavy atom. The number of halogens is 1. The summed E-state index contributed by atoms with van der Waals surface area (Å²) < 4.78 is 48.6. The first-order valence-electron chi connectivity index (χ1n) is 9.56. The number of hydrogen-bond acceptors (Lipinski definition) is 5. The number of carbonyl (C=O) groups excluding carboxylic acids is 1. The van der Waals surface area contributed by atoms with Crippen molar-refractivity contribution in [1.29, 1.82) is 0 Å². The highest BCUT2D eigenvalue weighted by Gasteiger charge is 2.35. The summed E-state index contributed by atoms with van der Waals surface area (Å²) in [5.74, 6) is -0.713. The molecule has 0 fully saturated rings. The molecule has 0 atom stereocenters. The first-order chi connectivity index (χ1) is 14.8. The van der Waals surface area contributed by atoms with Gasteiger partial charge in [-0.2, -0.15) is 5.10 Å². The molecular weight excluding hydrogens is 425 g/mol. The number of aromatic amines is 1. The monoisotopic (exact) mass is 447 g/mol. The molecule has 3 heterocycles. The zero-order chi connectivity index (χ0) is 22.3. The molecule has 0 saturated carbocycles. The van der Waals surface area contributed by atoms with E-state index in [-0.39, 0.29) is 22.7 Å². The molecule has 1 aliphatic rings. The number of rotatable bonds is 6. The predicted molar refractivity (Wildman–Crippen MR) is 111 cm³/mol. The Labute approximate surface area is 178 Å². The number of hydrogen-bond donors (Lipinski definition) is 2. The Hall–Kier alpha value is -3.34. The van der Waals surface area contributed by atoms with E-state index in [0.29, 0.717) is 30.1 Å². The number of methoxy groups -OCH3 is 1. The van der Waals surface area contributed by atoms with Crippen LogP contribution in [0.2, 0.25) is 0 Å². The molecular formula is C20H22FN5O4S. The molecule has 1 aliphatic heterocycles. The highest BCUT2D eigenvalue weighted by molar-refractivity contribution is 7.93. The number of benzene rings is 1. The molecule has 0 unspecified atom stereocenters. The van der Waals surface area contributed by atoms with E-state index >= 15 is 0 Å². The Balaban J connectivity index is 1.60. The third kappa shape index (κ3) is 3.44. The van der Waals surface area contributed by atoms with Crippen molar-refractivity contribution < 1.29 is 22.3 Å². The molecule has 0 radical (unpaired) electrons. The third-order valence-corrected chi connectivity index (χ3v) is 7.47. The molecule has 0 aliphatic carbocycles. The number of ether oxygens (including phenoxy) is 1. The maximum Gasteiger partial charge on any atom is 0.268 e. The van der Waals surface area contributed by atoms with E-state index in [1.54, 1.807) is 20.0 Å². The second kappa shape index (κ2) is 7.73. The second-order valence-electron chi connectivity index (χ2n) is 7.20. The Bertz CT molecular complexity index is 1260. The second-order valence-corrected chi connectivity index (χ2v) is 9.03. The van der Waals surface area contributed by atoms with Crippen molar-refractivity contribution in [3.63, 3.8) is 0 Å². The molecule has 2 aromatic heterocycles. The van der Waals surface area contributed by atoms with Crippen molar-refractivity contribution in [3.8, 4) is 5.75 Å². The topological polar surface area (TPSA) is 109 Å². The minimum absolute atomic E-state index is 0.0395. The molecule has 0 bridgehead atoms. The van der Waals surface area contributed by atoms with Gasteiger partial charge in [0.15, 0.2) is 0 Å². The van der Waals surface area contributed by atoms with E-state index < -0.39 is 21.7 Å². The average molecular weight is 447 g/mol. The van der Waals surface area contributed by atoms with E-state index in [2.05, 4.69) is 15.5 Å². The van der Waals surface area contributed by atoms with Crippen LogP contribution in [0, 0.1) is 12.7 Å². The predicted octanol–water partition coefficient (Wildman–Crippen LogP) is 1.89. The molecule has 1 amide bonds. The van der Waals surface area contributed by atoms with Crippen molar-refractivity contribution in [3.05, 3.63) is 58.9 Å². The van der Waals surface area contributed by atoms with Crippen LogP contribution in [0.1, 0.15) is 27.4 Å². The first-order valence-corrected chi connectivity index (χ1v) is 11.0. The van der Waals surface area contributed by atoms with Gasteiger partial charge in [-0.15, -0.1) is 0 Å². The number of nitrogens with zero attached hydrogens (tertiary/aromatic N) is 3. The lowest BCUT2D eigenvalue weighted by Crippen LogP contribution is -2.29. The van der Waals surface area contributed by atoms with Gasteiger partial charge in [-0.1, -0.05) is 6.07 Å². The number of amides is 1. The van der Waals surface area contributed by atoms with Crippen molar-refractivity contribution >= 4 is 21.6 Å². The molecule has 0 saturated heterocycles. The minimum Gasteiger partial charge on any atom is -0.496 e. The number of sulfonamides is 1. The van der Waals surface area contributed by atoms with Crippen LogP contribution < -0.4 is 14.4 Å².